The van der Waals surface area contributed by atoms with Crippen molar-refractivity contribution in [3.05, 3.63) is 59.2 Å². The van der Waals surface area contributed by atoms with E-state index in [1.807, 2.05) is 30.3 Å². The van der Waals surface area contributed by atoms with Crippen molar-refractivity contribution in [1.82, 2.24) is 0 Å². The summed E-state index contributed by atoms with van der Waals surface area (Å²) in [5.41, 5.74) is 15.9. The van der Waals surface area contributed by atoms with Crippen LogP contribution in [0.2, 0.25) is 0 Å². The summed E-state index contributed by atoms with van der Waals surface area (Å²) in [7, 11) is 0. The molecule has 27 heavy (non-hydrogen) atoms. The van der Waals surface area contributed by atoms with Gasteiger partial charge in [0.15, 0.2) is 5.78 Å². The van der Waals surface area contributed by atoms with Gasteiger partial charge in [-0.25, -0.2) is 0 Å². The lowest BCUT2D eigenvalue weighted by atomic mass is 9.96. The summed E-state index contributed by atoms with van der Waals surface area (Å²) in [6, 6.07) is 12.8. The smallest absolute Gasteiger partial charge is 0.193 e. The molecule has 0 unspecified atom stereocenters. The van der Waals surface area contributed by atoms with Gasteiger partial charge in [0.1, 0.15) is 0 Å². The van der Waals surface area contributed by atoms with E-state index in [1.54, 1.807) is 12.1 Å². The van der Waals surface area contributed by atoms with Gasteiger partial charge in [-0.05, 0) is 30.5 Å². The number of nitrogens with two attached hydrogens (primary N) is 2. The van der Waals surface area contributed by atoms with Crippen molar-refractivity contribution in [2.45, 2.75) is 71.1 Å². The van der Waals surface area contributed by atoms with Crippen molar-refractivity contribution in [3.63, 3.8) is 0 Å². The summed E-state index contributed by atoms with van der Waals surface area (Å²) in [5.74, 6) is -0.0383. The molecule has 0 aliphatic rings. The fraction of sp³-hybridized carbons (Fsp3) is 0.458. The lowest BCUT2D eigenvalue weighted by Crippen LogP contribution is -2.07. The van der Waals surface area contributed by atoms with Gasteiger partial charge in [0.2, 0.25) is 0 Å². The Kier molecular flexibility index (Phi) is 8.90. The number of benzene rings is 2. The maximum Gasteiger partial charge on any atom is 0.193 e. The third-order valence-corrected chi connectivity index (χ3v) is 5.15. The second kappa shape index (κ2) is 11.4. The Labute approximate surface area is 164 Å². The monoisotopic (exact) mass is 366 g/mol. The Morgan fingerprint density at radius 2 is 1.26 bits per heavy atom. The first-order valence-corrected chi connectivity index (χ1v) is 10.4. The molecule has 0 amide bonds. The van der Waals surface area contributed by atoms with E-state index in [0.29, 0.717) is 22.5 Å². The summed E-state index contributed by atoms with van der Waals surface area (Å²) in [5, 5.41) is 0. The average molecular weight is 367 g/mol. The van der Waals surface area contributed by atoms with Crippen LogP contribution in [0.15, 0.2) is 42.5 Å². The molecule has 0 radical (unpaired) electrons. The molecule has 0 aliphatic heterocycles. The molecule has 2 aromatic carbocycles. The molecule has 0 saturated carbocycles. The fourth-order valence-electron chi connectivity index (χ4n) is 3.51. The predicted molar refractivity (Wildman–Crippen MR) is 116 cm³/mol. The molecule has 4 N–H and O–H groups in total. The average Bonchev–Trinajstić information content (AvgIpc) is 2.68. The van der Waals surface area contributed by atoms with Crippen LogP contribution in [0.4, 0.5) is 11.4 Å². The van der Waals surface area contributed by atoms with Gasteiger partial charge in [0, 0.05) is 22.5 Å². The van der Waals surface area contributed by atoms with Crippen LogP contribution in [0.25, 0.3) is 0 Å². The Balaban J connectivity index is 1.82. The van der Waals surface area contributed by atoms with Crippen molar-refractivity contribution < 1.29 is 4.79 Å². The Morgan fingerprint density at radius 1 is 0.741 bits per heavy atom. The zero-order chi connectivity index (χ0) is 19.5. The number of hydrogen-bond acceptors (Lipinski definition) is 3. The number of unbranched alkanes of at least 4 members (excludes halogenated alkanes) is 8. The summed E-state index contributed by atoms with van der Waals surface area (Å²) in [4.78, 5) is 12.6. The topological polar surface area (TPSA) is 69.1 Å². The standard InChI is InChI=1S/C24H34N2O/c1-2-3-4-5-6-7-8-9-13-16-21-22(25)17-20(18-23(21)26)24(27)19-14-11-10-12-15-19/h10-12,14-15,17-18H,2-9,13,16,25-26H2,1H3. The van der Waals surface area contributed by atoms with Gasteiger partial charge in [0.05, 0.1) is 0 Å². The minimum atomic E-state index is -0.0383. The highest BCUT2D eigenvalue weighted by Gasteiger charge is 2.13. The van der Waals surface area contributed by atoms with E-state index in [1.165, 1.54) is 51.4 Å². The van der Waals surface area contributed by atoms with Gasteiger partial charge in [-0.2, -0.15) is 0 Å². The van der Waals surface area contributed by atoms with Crippen LogP contribution in [0.5, 0.6) is 0 Å². The molecule has 3 heteroatoms. The highest BCUT2D eigenvalue weighted by molar-refractivity contribution is 6.10. The molecule has 2 aromatic rings. The van der Waals surface area contributed by atoms with E-state index in [9.17, 15) is 4.79 Å². The molecule has 0 atom stereocenters. The zero-order valence-electron chi connectivity index (χ0n) is 16.7. The maximum absolute atomic E-state index is 12.6. The summed E-state index contributed by atoms with van der Waals surface area (Å²) < 4.78 is 0. The number of rotatable bonds is 12. The normalized spacial score (nSPS) is 10.9. The molecule has 0 saturated heterocycles. The Morgan fingerprint density at radius 3 is 1.81 bits per heavy atom. The van der Waals surface area contributed by atoms with Gasteiger partial charge < -0.3 is 11.5 Å². The van der Waals surface area contributed by atoms with E-state index in [0.717, 1.165) is 18.4 Å². The van der Waals surface area contributed by atoms with Crippen molar-refractivity contribution >= 4 is 17.2 Å². The first kappa shape index (κ1) is 21.0. The predicted octanol–water partition coefficient (Wildman–Crippen LogP) is 6.16. The maximum atomic E-state index is 12.6. The van der Waals surface area contributed by atoms with Gasteiger partial charge >= 0.3 is 0 Å². The number of hydrogen-bond donors (Lipinski definition) is 2. The van der Waals surface area contributed by atoms with E-state index in [2.05, 4.69) is 6.92 Å². The minimum absolute atomic E-state index is 0.0383. The molecule has 0 aromatic heterocycles. The van der Waals surface area contributed by atoms with Crippen molar-refractivity contribution in [1.29, 1.82) is 0 Å². The summed E-state index contributed by atoms with van der Waals surface area (Å²) >= 11 is 0. The molecule has 146 valence electrons. The van der Waals surface area contributed by atoms with Gasteiger partial charge in [0.25, 0.3) is 0 Å². The molecular weight excluding hydrogens is 332 g/mol. The van der Waals surface area contributed by atoms with Crippen LogP contribution in [-0.4, -0.2) is 5.78 Å². The molecule has 0 spiro atoms. The van der Waals surface area contributed by atoms with E-state index >= 15 is 0 Å². The third-order valence-electron chi connectivity index (χ3n) is 5.15. The van der Waals surface area contributed by atoms with Gasteiger partial charge in [-0.3, -0.25) is 4.79 Å². The molecule has 0 fully saturated rings. The van der Waals surface area contributed by atoms with Gasteiger partial charge in [-0.1, -0.05) is 88.6 Å². The first-order valence-electron chi connectivity index (χ1n) is 10.4. The first-order chi connectivity index (χ1) is 13.1. The quantitative estimate of drug-likeness (QED) is 0.269. The number of carbonyl (C=O) groups is 1. The van der Waals surface area contributed by atoms with Crippen LogP contribution < -0.4 is 11.5 Å². The van der Waals surface area contributed by atoms with Crippen LogP contribution >= 0.6 is 0 Å². The molecule has 0 heterocycles. The molecular formula is C24H34N2O. The minimum Gasteiger partial charge on any atom is -0.398 e. The Bertz CT molecular complexity index is 687. The fourth-order valence-corrected chi connectivity index (χ4v) is 3.51. The number of nitrogen functional groups attached to an aromatic ring is 2. The van der Waals surface area contributed by atoms with E-state index in [-0.39, 0.29) is 5.78 Å². The number of ketones is 1. The number of anilines is 2. The second-order valence-corrected chi connectivity index (χ2v) is 7.41. The van der Waals surface area contributed by atoms with E-state index < -0.39 is 0 Å². The van der Waals surface area contributed by atoms with Crippen LogP contribution in [0, 0.1) is 0 Å². The van der Waals surface area contributed by atoms with Crippen molar-refractivity contribution in [2.75, 3.05) is 11.5 Å². The molecule has 0 aliphatic carbocycles. The number of carbonyl (C=O) groups excluding carboxylic acids is 1. The second-order valence-electron chi connectivity index (χ2n) is 7.41. The molecule has 0 bridgehead atoms. The van der Waals surface area contributed by atoms with Gasteiger partial charge in [-0.15, -0.1) is 0 Å². The summed E-state index contributed by atoms with van der Waals surface area (Å²) in [6.07, 6.45) is 12.5. The lowest BCUT2D eigenvalue weighted by molar-refractivity contribution is 0.103. The lowest BCUT2D eigenvalue weighted by Gasteiger charge is -2.12. The Hall–Kier alpha value is -2.29. The summed E-state index contributed by atoms with van der Waals surface area (Å²) in [6.45, 7) is 2.25. The van der Waals surface area contributed by atoms with Crippen molar-refractivity contribution in [2.24, 2.45) is 0 Å². The molecule has 2 rings (SSSR count). The van der Waals surface area contributed by atoms with Crippen LogP contribution in [0.3, 0.4) is 0 Å². The largest absolute Gasteiger partial charge is 0.398 e. The zero-order valence-corrected chi connectivity index (χ0v) is 16.7. The highest BCUT2D eigenvalue weighted by atomic mass is 16.1. The SMILES string of the molecule is CCCCCCCCCCCc1c(N)cc(C(=O)c2ccccc2)cc1N. The molecule has 3 nitrogen and oxygen atoms in total. The highest BCUT2D eigenvalue weighted by Crippen LogP contribution is 2.26. The van der Waals surface area contributed by atoms with Crippen LogP contribution in [0.1, 0.15) is 86.2 Å². The van der Waals surface area contributed by atoms with Crippen molar-refractivity contribution in [3.8, 4) is 0 Å². The van der Waals surface area contributed by atoms with Crippen LogP contribution in [-0.2, 0) is 6.42 Å². The third kappa shape index (κ3) is 6.74. The van der Waals surface area contributed by atoms with E-state index in [4.69, 9.17) is 11.5 Å².